The number of nitrogens with one attached hydrogen (secondary N) is 1. The van der Waals surface area contributed by atoms with Crippen molar-refractivity contribution in [2.75, 3.05) is 18.4 Å². The van der Waals surface area contributed by atoms with Crippen LogP contribution in [0.4, 0.5) is 5.69 Å². The Morgan fingerprint density at radius 3 is 3.00 bits per heavy atom. The third-order valence-corrected chi connectivity index (χ3v) is 3.62. The number of amides is 1. The number of pyridine rings is 1. The van der Waals surface area contributed by atoms with Crippen LogP contribution in [0, 0.1) is 6.92 Å². The Morgan fingerprint density at radius 1 is 1.43 bits per heavy atom. The van der Waals surface area contributed by atoms with Crippen molar-refractivity contribution in [2.24, 2.45) is 0 Å². The number of hydrogen-bond donors (Lipinski definition) is 1. The van der Waals surface area contributed by atoms with Crippen LogP contribution in [0.5, 0.6) is 0 Å². The van der Waals surface area contributed by atoms with Gasteiger partial charge in [-0.05, 0) is 45.0 Å². The van der Waals surface area contributed by atoms with Gasteiger partial charge in [0.1, 0.15) is 0 Å². The molecule has 0 atom stereocenters. The molecule has 0 aliphatic carbocycles. The standard InChI is InChI=1S/C15H18N4O2/c1-11-13(5-4-6-16-11)17-15(20)14-9-12(21-18-14)10-19-7-2-3-8-19/h4-6,9H,2-3,7-8,10H2,1H3,(H,17,20). The molecule has 1 N–H and O–H groups in total. The van der Waals surface area contributed by atoms with Gasteiger partial charge in [0.05, 0.1) is 17.9 Å². The van der Waals surface area contributed by atoms with E-state index in [2.05, 4.69) is 20.4 Å². The first-order valence-electron chi connectivity index (χ1n) is 7.13. The summed E-state index contributed by atoms with van der Waals surface area (Å²) in [6.45, 7) is 4.72. The lowest BCUT2D eigenvalue weighted by Crippen LogP contribution is -2.18. The number of carbonyl (C=O) groups is 1. The van der Waals surface area contributed by atoms with Crippen LogP contribution in [0.25, 0.3) is 0 Å². The summed E-state index contributed by atoms with van der Waals surface area (Å²) in [5, 5.41) is 6.65. The van der Waals surface area contributed by atoms with Crippen LogP contribution >= 0.6 is 0 Å². The van der Waals surface area contributed by atoms with Crippen LogP contribution < -0.4 is 5.32 Å². The molecule has 1 aliphatic rings. The minimum absolute atomic E-state index is 0.275. The van der Waals surface area contributed by atoms with E-state index in [4.69, 9.17) is 4.52 Å². The molecule has 0 unspecified atom stereocenters. The number of carbonyl (C=O) groups excluding carboxylic acids is 1. The van der Waals surface area contributed by atoms with Gasteiger partial charge in [0.2, 0.25) is 0 Å². The van der Waals surface area contributed by atoms with Crippen molar-refractivity contribution in [1.82, 2.24) is 15.0 Å². The summed E-state index contributed by atoms with van der Waals surface area (Å²) in [6.07, 6.45) is 4.14. The van der Waals surface area contributed by atoms with Crippen LogP contribution in [0.1, 0.15) is 34.8 Å². The number of likely N-dealkylation sites (tertiary alicyclic amines) is 1. The molecule has 3 rings (SSSR count). The highest BCUT2D eigenvalue weighted by atomic mass is 16.5. The lowest BCUT2D eigenvalue weighted by Gasteiger charge is -2.10. The SMILES string of the molecule is Cc1ncccc1NC(=O)c1cc(CN2CCCC2)on1. The average Bonchev–Trinajstić information content (AvgIpc) is 3.13. The van der Waals surface area contributed by atoms with Gasteiger partial charge in [0.25, 0.3) is 5.91 Å². The second kappa shape index (κ2) is 6.05. The molecule has 1 aliphatic heterocycles. The highest BCUT2D eigenvalue weighted by Gasteiger charge is 2.17. The van der Waals surface area contributed by atoms with Crippen molar-refractivity contribution in [2.45, 2.75) is 26.3 Å². The van der Waals surface area contributed by atoms with Gasteiger partial charge in [-0.25, -0.2) is 0 Å². The lowest BCUT2D eigenvalue weighted by atomic mass is 10.3. The monoisotopic (exact) mass is 286 g/mol. The molecule has 1 fully saturated rings. The molecule has 6 nitrogen and oxygen atoms in total. The summed E-state index contributed by atoms with van der Waals surface area (Å²) in [4.78, 5) is 18.6. The van der Waals surface area contributed by atoms with E-state index in [9.17, 15) is 4.79 Å². The molecule has 21 heavy (non-hydrogen) atoms. The molecule has 110 valence electrons. The summed E-state index contributed by atoms with van der Waals surface area (Å²) >= 11 is 0. The molecule has 6 heteroatoms. The largest absolute Gasteiger partial charge is 0.359 e. The van der Waals surface area contributed by atoms with Crippen LogP contribution in [0.3, 0.4) is 0 Å². The van der Waals surface area contributed by atoms with Crippen molar-refractivity contribution in [3.63, 3.8) is 0 Å². The first-order valence-corrected chi connectivity index (χ1v) is 7.13. The van der Waals surface area contributed by atoms with E-state index in [0.29, 0.717) is 17.9 Å². The van der Waals surface area contributed by atoms with Crippen LogP contribution in [0.2, 0.25) is 0 Å². The minimum Gasteiger partial charge on any atom is -0.359 e. The predicted molar refractivity (Wildman–Crippen MR) is 77.9 cm³/mol. The maximum Gasteiger partial charge on any atom is 0.277 e. The first-order chi connectivity index (χ1) is 10.2. The van der Waals surface area contributed by atoms with Crippen molar-refractivity contribution >= 4 is 11.6 Å². The number of rotatable bonds is 4. The maximum atomic E-state index is 12.1. The Balaban J connectivity index is 1.65. The van der Waals surface area contributed by atoms with E-state index in [1.807, 2.05) is 13.0 Å². The zero-order valence-corrected chi connectivity index (χ0v) is 12.0. The maximum absolute atomic E-state index is 12.1. The molecule has 0 radical (unpaired) electrons. The zero-order chi connectivity index (χ0) is 14.7. The fraction of sp³-hybridized carbons (Fsp3) is 0.400. The van der Waals surface area contributed by atoms with Crippen molar-refractivity contribution in [3.8, 4) is 0 Å². The van der Waals surface area contributed by atoms with Gasteiger partial charge in [-0.3, -0.25) is 14.7 Å². The molecular weight excluding hydrogens is 268 g/mol. The zero-order valence-electron chi connectivity index (χ0n) is 12.0. The lowest BCUT2D eigenvalue weighted by molar-refractivity contribution is 0.101. The Morgan fingerprint density at radius 2 is 2.24 bits per heavy atom. The Bertz CT molecular complexity index is 632. The molecule has 2 aromatic heterocycles. The summed E-state index contributed by atoms with van der Waals surface area (Å²) in [5.41, 5.74) is 1.76. The van der Waals surface area contributed by atoms with E-state index in [-0.39, 0.29) is 5.91 Å². The van der Waals surface area contributed by atoms with E-state index < -0.39 is 0 Å². The number of aromatic nitrogens is 2. The smallest absolute Gasteiger partial charge is 0.277 e. The fourth-order valence-electron chi connectivity index (χ4n) is 2.46. The van der Waals surface area contributed by atoms with Gasteiger partial charge in [0.15, 0.2) is 11.5 Å². The molecule has 0 bridgehead atoms. The van der Waals surface area contributed by atoms with Crippen molar-refractivity contribution in [1.29, 1.82) is 0 Å². The first kappa shape index (κ1) is 13.8. The van der Waals surface area contributed by atoms with Gasteiger partial charge in [-0.1, -0.05) is 5.16 Å². The highest BCUT2D eigenvalue weighted by molar-refractivity contribution is 6.03. The van der Waals surface area contributed by atoms with Gasteiger partial charge < -0.3 is 9.84 Å². The topological polar surface area (TPSA) is 71.3 Å². The second-order valence-corrected chi connectivity index (χ2v) is 5.25. The number of nitrogens with zero attached hydrogens (tertiary/aromatic N) is 3. The Hall–Kier alpha value is -2.21. The van der Waals surface area contributed by atoms with Gasteiger partial charge in [0, 0.05) is 12.3 Å². The summed E-state index contributed by atoms with van der Waals surface area (Å²) < 4.78 is 5.25. The average molecular weight is 286 g/mol. The van der Waals surface area contributed by atoms with Crippen LogP contribution in [-0.2, 0) is 6.54 Å². The Kier molecular flexibility index (Phi) is 3.96. The molecule has 1 amide bonds. The molecule has 1 saturated heterocycles. The third kappa shape index (κ3) is 3.28. The predicted octanol–water partition coefficient (Wildman–Crippen LogP) is 2.23. The van der Waals surface area contributed by atoms with Crippen molar-refractivity contribution < 1.29 is 9.32 Å². The Labute approximate surface area is 123 Å². The fourth-order valence-corrected chi connectivity index (χ4v) is 2.46. The van der Waals surface area contributed by atoms with Crippen LogP contribution in [0.15, 0.2) is 28.9 Å². The summed E-state index contributed by atoms with van der Waals surface area (Å²) in [7, 11) is 0. The van der Waals surface area contributed by atoms with E-state index in [1.54, 1.807) is 18.3 Å². The number of anilines is 1. The number of hydrogen-bond acceptors (Lipinski definition) is 5. The molecule has 2 aromatic rings. The van der Waals surface area contributed by atoms with Crippen molar-refractivity contribution in [3.05, 3.63) is 41.5 Å². The minimum atomic E-state index is -0.275. The third-order valence-electron chi connectivity index (χ3n) is 3.62. The van der Waals surface area contributed by atoms with Gasteiger partial charge in [-0.15, -0.1) is 0 Å². The van der Waals surface area contributed by atoms with Crippen LogP contribution in [-0.4, -0.2) is 34.0 Å². The van der Waals surface area contributed by atoms with E-state index in [0.717, 1.165) is 24.5 Å². The number of aryl methyl sites for hydroxylation is 1. The molecule has 0 aromatic carbocycles. The second-order valence-electron chi connectivity index (χ2n) is 5.25. The molecule has 0 saturated carbocycles. The van der Waals surface area contributed by atoms with Gasteiger partial charge in [-0.2, -0.15) is 0 Å². The highest BCUT2D eigenvalue weighted by Crippen LogP contribution is 2.15. The molecule has 0 spiro atoms. The van der Waals surface area contributed by atoms with E-state index >= 15 is 0 Å². The normalized spacial score (nSPS) is 15.3. The van der Waals surface area contributed by atoms with Gasteiger partial charge >= 0.3 is 0 Å². The summed E-state index contributed by atoms with van der Waals surface area (Å²) in [5.74, 6) is 0.451. The summed E-state index contributed by atoms with van der Waals surface area (Å²) in [6, 6.07) is 5.30. The molecular formula is C15H18N4O2. The quantitative estimate of drug-likeness (QED) is 0.933. The van der Waals surface area contributed by atoms with E-state index in [1.165, 1.54) is 12.8 Å². The molecule has 3 heterocycles.